The topological polar surface area (TPSA) is 667 Å². The fourth-order valence-electron chi connectivity index (χ4n) is 4.70. The zero-order valence-corrected chi connectivity index (χ0v) is 43.6. The molecule has 44 heteroatoms. The lowest BCUT2D eigenvalue weighted by molar-refractivity contribution is -0.134. The number of ether oxygens (including phenoxy) is 1. The van der Waals surface area contributed by atoms with Gasteiger partial charge in [0.15, 0.2) is 45.7 Å². The number of anilines is 4. The van der Waals surface area contributed by atoms with Crippen LogP contribution in [0.25, 0.3) is 21.8 Å². The molecule has 0 unspecified atom stereocenters. The van der Waals surface area contributed by atoms with Crippen LogP contribution in [0.4, 0.5) is 29.2 Å². The molecular formula is C39H66N35O9+. The van der Waals surface area contributed by atoms with Gasteiger partial charge in [0.1, 0.15) is 28.4 Å². The van der Waals surface area contributed by atoms with Crippen molar-refractivity contribution in [3.63, 3.8) is 0 Å². The molecule has 44 nitrogen and oxygen atoms in total. The number of nitrogens with two attached hydrogens (primary N) is 7. The van der Waals surface area contributed by atoms with Gasteiger partial charge in [-0.3, -0.25) is 33.8 Å². The van der Waals surface area contributed by atoms with Crippen LogP contribution in [0.1, 0.15) is 81.6 Å². The molecule has 0 saturated carbocycles. The normalized spacial score (nSPS) is 9.54. The summed E-state index contributed by atoms with van der Waals surface area (Å²) in [5, 5.41) is 44.3. The molecule has 0 saturated heterocycles. The molecule has 8 heterocycles. The predicted molar refractivity (Wildman–Crippen MR) is 296 cm³/mol. The third-order valence-corrected chi connectivity index (χ3v) is 7.85. The minimum atomic E-state index is -0.833. The van der Waals surface area contributed by atoms with Crippen LogP contribution >= 0.6 is 0 Å². The van der Waals surface area contributed by atoms with Crippen molar-refractivity contribution >= 4 is 81.5 Å². The molecule has 0 atom stereocenters. The molecule has 0 aliphatic rings. The zero-order valence-electron chi connectivity index (χ0n) is 43.6. The highest BCUT2D eigenvalue weighted by Gasteiger charge is 2.15. The Morgan fingerprint density at radius 3 is 1.58 bits per heavy atom. The average molecular weight is 1170 g/mol. The van der Waals surface area contributed by atoms with Gasteiger partial charge in [-0.2, -0.15) is 24.9 Å². The van der Waals surface area contributed by atoms with Gasteiger partial charge in [0.05, 0.1) is 52.8 Å². The number of carbonyl (C=O) groups excluding carboxylic acids is 5. The fourth-order valence-corrected chi connectivity index (χ4v) is 4.70. The van der Waals surface area contributed by atoms with Gasteiger partial charge >= 0.3 is 5.69 Å². The minimum Gasteiger partial charge on any atom is -0.481 e. The Kier molecular flexibility index (Phi) is 34.3. The molecule has 0 bridgehead atoms. The smallest absolute Gasteiger partial charge is 0.352 e. The summed E-state index contributed by atoms with van der Waals surface area (Å²) in [5.41, 5.74) is 42.1. The highest BCUT2D eigenvalue weighted by atomic mass is 16.5. The lowest BCUT2D eigenvalue weighted by Crippen LogP contribution is -2.27. The largest absolute Gasteiger partial charge is 0.481 e. The number of aliphatic carboxylic acids is 1. The van der Waals surface area contributed by atoms with Crippen molar-refractivity contribution < 1.29 is 38.6 Å². The Balaban J connectivity index is -0.000000901. The molecule has 0 aliphatic heterocycles. The highest BCUT2D eigenvalue weighted by molar-refractivity contribution is 5.97. The van der Waals surface area contributed by atoms with Gasteiger partial charge in [-0.15, -0.1) is 10.2 Å². The van der Waals surface area contributed by atoms with Crippen molar-refractivity contribution in [3.05, 3.63) is 81.9 Å². The van der Waals surface area contributed by atoms with E-state index in [1.807, 2.05) is 7.05 Å². The molecule has 0 aromatic carbocycles. The molecular weight excluding hydrogens is 1100 g/mol. The molecule has 0 fully saturated rings. The third-order valence-electron chi connectivity index (χ3n) is 7.85. The number of nitrogen functional groups attached to an aromatic ring is 2. The van der Waals surface area contributed by atoms with Crippen molar-refractivity contribution in [2.45, 2.75) is 29.2 Å². The van der Waals surface area contributed by atoms with Crippen LogP contribution in [-0.2, 0) is 18.9 Å². The number of aromatic nitrogens is 17. The SMILES string of the molecule is C.C.C.CC(=O)O.CN(C)N=Nc1nc[nH]c1C(N)=O.CN=NNc1nc[nH]c1C(N)=O.CN=NNc1nc[nH]c1C(N)=O.COc1nc(N)nc2c1ncn2C.C[N+]#N.Cn1nnc2c(C(N)=O)ncn2c1=O.NC(=O)c1[nH]cnc1N. The maximum atomic E-state index is 11.4. The molecule has 0 radical (unpaired) electrons. The highest BCUT2D eigenvalue weighted by Crippen LogP contribution is 2.20. The van der Waals surface area contributed by atoms with Gasteiger partial charge in [0, 0.05) is 35.1 Å². The van der Waals surface area contributed by atoms with Crippen LogP contribution in [0, 0.1) is 5.39 Å². The number of carboxylic acid groups (broad SMARTS) is 1. The Morgan fingerprint density at radius 1 is 0.711 bits per heavy atom. The molecule has 8 aromatic heterocycles. The number of nitrogens with zero attached hydrogens (tertiary/aromatic N) is 22. The van der Waals surface area contributed by atoms with E-state index in [9.17, 15) is 28.8 Å². The average Bonchev–Trinajstić information content (AvgIpc) is 4.48. The number of methoxy groups -OCH3 is 1. The van der Waals surface area contributed by atoms with Crippen LogP contribution in [0.3, 0.4) is 0 Å². The molecule has 8 aromatic rings. The number of primary amides is 5. The number of amides is 5. The van der Waals surface area contributed by atoms with E-state index in [1.54, 1.807) is 25.0 Å². The summed E-state index contributed by atoms with van der Waals surface area (Å²) in [6.45, 7) is 1.08. The van der Waals surface area contributed by atoms with E-state index in [-0.39, 0.29) is 85.6 Å². The van der Waals surface area contributed by atoms with Crippen molar-refractivity contribution in [3.8, 4) is 5.88 Å². The van der Waals surface area contributed by atoms with Gasteiger partial charge in [-0.25, -0.2) is 50.0 Å². The Morgan fingerprint density at radius 2 is 1.17 bits per heavy atom. The second-order valence-corrected chi connectivity index (χ2v) is 13.8. The number of diazo groups is 1. The number of aromatic amines is 4. The number of aryl methyl sites for hydroxylation is 2. The molecule has 8 rings (SSSR count). The van der Waals surface area contributed by atoms with Gasteiger partial charge in [0.25, 0.3) is 42.6 Å². The van der Waals surface area contributed by atoms with Crippen molar-refractivity contribution in [1.82, 2.24) is 88.8 Å². The van der Waals surface area contributed by atoms with E-state index in [4.69, 9.17) is 60.2 Å². The van der Waals surface area contributed by atoms with Crippen LogP contribution in [0.2, 0.25) is 0 Å². The summed E-state index contributed by atoms with van der Waals surface area (Å²) < 4.78 is 8.91. The van der Waals surface area contributed by atoms with Gasteiger partial charge in [-0.1, -0.05) is 43.2 Å². The number of nitrogens with one attached hydrogen (secondary N) is 6. The van der Waals surface area contributed by atoms with Gasteiger partial charge in [0.2, 0.25) is 23.0 Å². The van der Waals surface area contributed by atoms with Crippen molar-refractivity contribution in [1.29, 1.82) is 5.39 Å². The number of carboxylic acids is 1. The number of carbonyl (C=O) groups is 6. The second kappa shape index (κ2) is 38.1. The zero-order chi connectivity index (χ0) is 60.6. The van der Waals surface area contributed by atoms with E-state index < -0.39 is 41.2 Å². The first-order valence-corrected chi connectivity index (χ1v) is 21.1. The first kappa shape index (κ1) is 74.7. The first-order valence-electron chi connectivity index (χ1n) is 21.1. The first-order chi connectivity index (χ1) is 37.8. The molecule has 5 amide bonds. The molecule has 0 spiro atoms. The van der Waals surface area contributed by atoms with Crippen LogP contribution in [-0.4, -0.2) is 172 Å². The number of H-pyrrole nitrogens is 4. The van der Waals surface area contributed by atoms with Crippen LogP contribution in [0.15, 0.2) is 73.8 Å². The third kappa shape index (κ3) is 24.6. The van der Waals surface area contributed by atoms with E-state index >= 15 is 0 Å². The number of imidazole rings is 6. The lowest BCUT2D eigenvalue weighted by Gasteiger charge is -2.00. The molecule has 450 valence electrons. The van der Waals surface area contributed by atoms with Crippen LogP contribution < -0.4 is 61.4 Å². The predicted octanol–water partition coefficient (Wildman–Crippen LogP) is -0.661. The monoisotopic (exact) mass is 1170 g/mol. The van der Waals surface area contributed by atoms with E-state index in [1.165, 1.54) is 71.9 Å². The lowest BCUT2D eigenvalue weighted by atomic mass is 10.4. The number of fused-ring (bicyclic) bond motifs is 2. The Bertz CT molecular complexity index is 3430. The number of rotatable bonds is 12. The molecule has 21 N–H and O–H groups in total. The fraction of sp³-hybridized carbons (Fsp3) is 0.308. The minimum absolute atomic E-state index is 0. The summed E-state index contributed by atoms with van der Waals surface area (Å²) in [7, 11) is 12.5. The Hall–Kier alpha value is -12.5. The van der Waals surface area contributed by atoms with Crippen LogP contribution in [0.5, 0.6) is 5.88 Å². The van der Waals surface area contributed by atoms with Gasteiger partial charge in [-0.05, 0) is 0 Å². The summed E-state index contributed by atoms with van der Waals surface area (Å²) in [6.07, 6.45) is 8.16. The van der Waals surface area contributed by atoms with Gasteiger partial charge < -0.3 is 74.5 Å². The standard InChI is InChI=1S/C7H9N5O.C6H6N6O2.C6H10N6O.2C5H8N6O.C4H6N4O.C2H4O2.CH3N2.3CH4/c1-12-3-9-4-5(12)10-7(8)11-6(4)13-2;1-11-6(14)12-2-8-3(4(7)13)5(12)9-10-11;1-12(2)11-10-6-4(5(7)13)8-3-9-6;2*1-7-11-10-5-3(4(6)12)8-2-9-5;5-3-2(4(6)9)7-1-8-3;1-2(3)4;1-3-2;;;/h3H,1-2H3,(H2,8,10,11);2H,1H3,(H2,7,13);3H,1-2H3,(H2,7,13)(H,8,9);2*2H,1H3,(H2,6,12)(H,7,10)(H,8,9);1H,5H2,(H2,6,9)(H,7,8);1H3,(H,3,4);1H3;3*1H4/q;;;;;;;+1;;;. The summed E-state index contributed by atoms with van der Waals surface area (Å²) in [6, 6.07) is 0. The second-order valence-electron chi connectivity index (χ2n) is 13.8. The van der Waals surface area contributed by atoms with Crippen molar-refractivity contribution in [2.24, 2.45) is 73.8 Å². The van der Waals surface area contributed by atoms with E-state index in [2.05, 4.69) is 117 Å². The maximum Gasteiger partial charge on any atom is 0.352 e. The number of hydrogen-bond donors (Lipinski definition) is 14. The summed E-state index contributed by atoms with van der Waals surface area (Å²) in [4.78, 5) is 117. The van der Waals surface area contributed by atoms with Crippen molar-refractivity contribution in [2.75, 3.05) is 64.7 Å². The maximum absolute atomic E-state index is 11.4. The number of hydrogen-bond acceptors (Lipinski definition) is 27. The molecule has 0 aliphatic carbocycles. The quantitative estimate of drug-likeness (QED) is 0.0410. The summed E-state index contributed by atoms with van der Waals surface area (Å²) in [5.74, 6) is -2.49. The summed E-state index contributed by atoms with van der Waals surface area (Å²) >= 11 is 0. The Labute approximate surface area is 468 Å². The van der Waals surface area contributed by atoms with E-state index in [0.717, 1.165) is 16.0 Å². The van der Waals surface area contributed by atoms with E-state index in [0.29, 0.717) is 17.0 Å². The molecule has 83 heavy (non-hydrogen) atoms.